The van der Waals surface area contributed by atoms with E-state index < -0.39 is 0 Å². The summed E-state index contributed by atoms with van der Waals surface area (Å²) >= 11 is 1.64. The molecule has 21 heavy (non-hydrogen) atoms. The minimum absolute atomic E-state index is 0.0107. The first kappa shape index (κ1) is 14.1. The van der Waals surface area contributed by atoms with Crippen molar-refractivity contribution in [1.29, 1.82) is 0 Å². The quantitative estimate of drug-likeness (QED) is 0.830. The lowest BCUT2D eigenvalue weighted by Crippen LogP contribution is -2.45. The maximum atomic E-state index is 12.0. The molecule has 0 spiro atoms. The maximum absolute atomic E-state index is 12.0. The van der Waals surface area contributed by atoms with Crippen molar-refractivity contribution in [2.24, 2.45) is 0 Å². The number of hydrogen-bond acceptors (Lipinski definition) is 2. The Labute approximate surface area is 129 Å². The van der Waals surface area contributed by atoms with E-state index in [1.54, 1.807) is 17.4 Å². The molecular weight excluding hydrogens is 278 g/mol. The van der Waals surface area contributed by atoms with Gasteiger partial charge >= 0.3 is 0 Å². The third-order valence-corrected chi connectivity index (χ3v) is 4.97. The third-order valence-electron chi connectivity index (χ3n) is 4.27. The molecule has 2 nitrogen and oxygen atoms in total. The molecule has 0 aliphatic heterocycles. The highest BCUT2D eigenvalue weighted by molar-refractivity contribution is 7.08. The predicted molar refractivity (Wildman–Crippen MR) is 88.3 cm³/mol. The van der Waals surface area contributed by atoms with Crippen molar-refractivity contribution < 1.29 is 4.79 Å². The van der Waals surface area contributed by atoms with E-state index in [4.69, 9.17) is 0 Å². The fraction of sp³-hybridized carbons (Fsp3) is 0.278. The summed E-state index contributed by atoms with van der Waals surface area (Å²) in [6.07, 6.45) is 7.05. The number of carbonyl (C=O) groups excluding carboxylic acids is 1. The van der Waals surface area contributed by atoms with Crippen LogP contribution < -0.4 is 5.32 Å². The Balaban J connectivity index is 1.60. The van der Waals surface area contributed by atoms with Gasteiger partial charge in [-0.3, -0.25) is 4.79 Å². The van der Waals surface area contributed by atoms with Gasteiger partial charge in [-0.25, -0.2) is 0 Å². The molecular formula is C18H19NOS. The van der Waals surface area contributed by atoms with E-state index in [2.05, 4.69) is 29.6 Å². The van der Waals surface area contributed by atoms with E-state index in [1.807, 2.05) is 29.0 Å². The molecule has 1 saturated carbocycles. The lowest BCUT2D eigenvalue weighted by atomic mass is 9.64. The van der Waals surface area contributed by atoms with Crippen molar-refractivity contribution in [2.45, 2.75) is 24.7 Å². The molecule has 0 saturated heterocycles. The van der Waals surface area contributed by atoms with E-state index in [0.717, 1.165) is 24.9 Å². The summed E-state index contributed by atoms with van der Waals surface area (Å²) in [5.74, 6) is -0.0107. The van der Waals surface area contributed by atoms with E-state index >= 15 is 0 Å². The number of hydrogen-bond donors (Lipinski definition) is 1. The minimum atomic E-state index is -0.0107. The molecule has 1 aliphatic rings. The van der Waals surface area contributed by atoms with Gasteiger partial charge in [0, 0.05) is 18.0 Å². The van der Waals surface area contributed by atoms with Crippen LogP contribution in [0.3, 0.4) is 0 Å². The number of rotatable bonds is 5. The monoisotopic (exact) mass is 297 g/mol. The zero-order chi connectivity index (χ0) is 14.5. The molecule has 1 aromatic heterocycles. The maximum Gasteiger partial charge on any atom is 0.244 e. The molecule has 0 bridgehead atoms. The second-order valence-electron chi connectivity index (χ2n) is 5.61. The Bertz CT molecular complexity index is 612. The summed E-state index contributed by atoms with van der Waals surface area (Å²) in [5, 5.41) is 7.10. The number of carbonyl (C=O) groups is 1. The first-order valence-electron chi connectivity index (χ1n) is 7.32. The molecule has 0 unspecified atom stereocenters. The smallest absolute Gasteiger partial charge is 0.244 e. The van der Waals surface area contributed by atoms with Crippen LogP contribution in [0.15, 0.2) is 53.2 Å². The first-order valence-corrected chi connectivity index (χ1v) is 8.26. The predicted octanol–water partition coefficient (Wildman–Crippen LogP) is 4.00. The highest BCUT2D eigenvalue weighted by Gasteiger charge is 2.38. The molecule has 1 aromatic carbocycles. The first-order chi connectivity index (χ1) is 10.3. The van der Waals surface area contributed by atoms with Crippen molar-refractivity contribution in [2.75, 3.05) is 6.54 Å². The average Bonchev–Trinajstić information content (AvgIpc) is 2.98. The van der Waals surface area contributed by atoms with Crippen LogP contribution in [-0.2, 0) is 10.2 Å². The minimum Gasteiger partial charge on any atom is -0.352 e. The summed E-state index contributed by atoms with van der Waals surface area (Å²) in [4.78, 5) is 12.0. The van der Waals surface area contributed by atoms with Crippen LogP contribution in [0.2, 0.25) is 0 Å². The van der Waals surface area contributed by atoms with Gasteiger partial charge in [0.1, 0.15) is 0 Å². The largest absolute Gasteiger partial charge is 0.352 e. The Morgan fingerprint density at radius 3 is 2.67 bits per heavy atom. The van der Waals surface area contributed by atoms with Gasteiger partial charge in [0.05, 0.1) is 0 Å². The summed E-state index contributed by atoms with van der Waals surface area (Å²) in [6, 6.07) is 12.5. The Hall–Kier alpha value is -1.87. The average molecular weight is 297 g/mol. The molecule has 1 aliphatic carbocycles. The standard InChI is InChI=1S/C18H19NOS/c20-17(8-7-15-9-12-21-13-15)19-14-18(10-4-11-18)16-5-2-1-3-6-16/h1-3,5-9,12-13H,4,10-11,14H2,(H,19,20)/b8-7+. The molecule has 0 atom stereocenters. The summed E-state index contributed by atoms with van der Waals surface area (Å²) in [6.45, 7) is 0.726. The Morgan fingerprint density at radius 2 is 2.05 bits per heavy atom. The van der Waals surface area contributed by atoms with Crippen molar-refractivity contribution in [3.63, 3.8) is 0 Å². The topological polar surface area (TPSA) is 29.1 Å². The molecule has 3 heteroatoms. The van der Waals surface area contributed by atoms with E-state index in [-0.39, 0.29) is 11.3 Å². The summed E-state index contributed by atoms with van der Waals surface area (Å²) in [7, 11) is 0. The van der Waals surface area contributed by atoms with Crippen LogP contribution in [0.25, 0.3) is 6.08 Å². The molecule has 2 aromatic rings. The lowest BCUT2D eigenvalue weighted by Gasteiger charge is -2.42. The lowest BCUT2D eigenvalue weighted by molar-refractivity contribution is -0.116. The van der Waals surface area contributed by atoms with Crippen LogP contribution >= 0.6 is 11.3 Å². The van der Waals surface area contributed by atoms with Gasteiger partial charge < -0.3 is 5.32 Å². The van der Waals surface area contributed by atoms with Gasteiger partial charge in [0.2, 0.25) is 5.91 Å². The molecule has 3 rings (SSSR count). The van der Waals surface area contributed by atoms with Gasteiger partial charge in [-0.2, -0.15) is 11.3 Å². The molecule has 0 radical (unpaired) electrons. The van der Waals surface area contributed by atoms with Gasteiger partial charge in [-0.15, -0.1) is 0 Å². The van der Waals surface area contributed by atoms with Crippen LogP contribution in [0.4, 0.5) is 0 Å². The van der Waals surface area contributed by atoms with Crippen molar-refractivity contribution in [3.05, 3.63) is 64.4 Å². The van der Waals surface area contributed by atoms with Gasteiger partial charge in [-0.1, -0.05) is 36.8 Å². The second-order valence-corrected chi connectivity index (χ2v) is 6.39. The van der Waals surface area contributed by atoms with Gasteiger partial charge in [0.15, 0.2) is 0 Å². The van der Waals surface area contributed by atoms with Crippen LogP contribution in [0.5, 0.6) is 0 Å². The Morgan fingerprint density at radius 1 is 1.24 bits per heavy atom. The third kappa shape index (κ3) is 3.24. The van der Waals surface area contributed by atoms with Crippen LogP contribution in [-0.4, -0.2) is 12.5 Å². The molecule has 108 valence electrons. The highest BCUT2D eigenvalue weighted by atomic mass is 32.1. The molecule has 1 fully saturated rings. The summed E-state index contributed by atoms with van der Waals surface area (Å²) in [5.41, 5.74) is 2.57. The van der Waals surface area contributed by atoms with E-state index in [9.17, 15) is 4.79 Å². The van der Waals surface area contributed by atoms with Crippen molar-refractivity contribution in [1.82, 2.24) is 5.32 Å². The van der Waals surface area contributed by atoms with Gasteiger partial charge in [-0.05, 0) is 46.9 Å². The van der Waals surface area contributed by atoms with Crippen LogP contribution in [0.1, 0.15) is 30.4 Å². The normalized spacial score (nSPS) is 16.6. The zero-order valence-electron chi connectivity index (χ0n) is 11.9. The Kier molecular flexibility index (Phi) is 4.20. The van der Waals surface area contributed by atoms with E-state index in [0.29, 0.717) is 0 Å². The SMILES string of the molecule is O=C(/C=C/c1ccsc1)NCC1(c2ccccc2)CCC1. The van der Waals surface area contributed by atoms with E-state index in [1.165, 1.54) is 12.0 Å². The fourth-order valence-corrected chi connectivity index (χ4v) is 3.45. The fourth-order valence-electron chi connectivity index (χ4n) is 2.82. The van der Waals surface area contributed by atoms with Gasteiger partial charge in [0.25, 0.3) is 0 Å². The number of nitrogens with one attached hydrogen (secondary N) is 1. The number of benzene rings is 1. The number of thiophene rings is 1. The number of amides is 1. The second kappa shape index (κ2) is 6.27. The van der Waals surface area contributed by atoms with Crippen molar-refractivity contribution >= 4 is 23.3 Å². The van der Waals surface area contributed by atoms with Crippen LogP contribution in [0, 0.1) is 0 Å². The molecule has 1 amide bonds. The van der Waals surface area contributed by atoms with Crippen molar-refractivity contribution in [3.8, 4) is 0 Å². The highest BCUT2D eigenvalue weighted by Crippen LogP contribution is 2.43. The zero-order valence-corrected chi connectivity index (χ0v) is 12.7. The summed E-state index contributed by atoms with van der Waals surface area (Å²) < 4.78 is 0. The molecule has 1 N–H and O–H groups in total. The molecule has 1 heterocycles.